The Hall–Kier alpha value is -1.96. The van der Waals surface area contributed by atoms with Gasteiger partial charge in [-0.1, -0.05) is 18.2 Å². The fourth-order valence-corrected chi connectivity index (χ4v) is 3.46. The molecule has 2 heterocycles. The summed E-state index contributed by atoms with van der Waals surface area (Å²) in [5.41, 5.74) is 3.31. The van der Waals surface area contributed by atoms with E-state index < -0.39 is 6.61 Å². The summed E-state index contributed by atoms with van der Waals surface area (Å²) in [6.07, 6.45) is 0. The van der Waals surface area contributed by atoms with Crippen molar-refractivity contribution in [2.24, 2.45) is 0 Å². The first-order chi connectivity index (χ1) is 11.7. The topological polar surface area (TPSA) is 68.7 Å². The molecule has 0 atom stereocenters. The summed E-state index contributed by atoms with van der Waals surface area (Å²) >= 11 is 1.60. The van der Waals surface area contributed by atoms with Gasteiger partial charge in [0.05, 0.1) is 5.69 Å². The van der Waals surface area contributed by atoms with Gasteiger partial charge in [0, 0.05) is 43.8 Å². The number of nitrogens with one attached hydrogen (secondary N) is 1. The maximum Gasteiger partial charge on any atom is 0.248 e. The molecule has 0 bridgehead atoms. The van der Waals surface area contributed by atoms with Gasteiger partial charge in [-0.2, -0.15) is 0 Å². The molecule has 1 aliphatic rings. The van der Waals surface area contributed by atoms with Gasteiger partial charge in [0.15, 0.2) is 5.13 Å². The highest BCUT2D eigenvalue weighted by atomic mass is 32.1. The van der Waals surface area contributed by atoms with Crippen LogP contribution in [0.5, 0.6) is 0 Å². The van der Waals surface area contributed by atoms with Crippen LogP contribution < -0.4 is 5.32 Å². The third-order valence-corrected chi connectivity index (χ3v) is 4.99. The number of aryl methyl sites for hydroxylation is 1. The van der Waals surface area contributed by atoms with Crippen LogP contribution >= 0.6 is 11.3 Å². The molecule has 3 rings (SSSR count). The minimum atomic E-state index is -0.403. The second-order valence-electron chi connectivity index (χ2n) is 5.90. The largest absolute Gasteiger partial charge is 0.387 e. The molecule has 1 aromatic carbocycles. The number of nitrogens with zero attached hydrogens (tertiary/aromatic N) is 3. The fraction of sp³-hybridized carbons (Fsp3) is 0.412. The van der Waals surface area contributed by atoms with Crippen LogP contribution in [0.3, 0.4) is 0 Å². The van der Waals surface area contributed by atoms with Crippen molar-refractivity contribution in [3.05, 3.63) is 40.9 Å². The molecule has 1 amide bonds. The van der Waals surface area contributed by atoms with Gasteiger partial charge in [-0.05, 0) is 18.6 Å². The second-order valence-corrected chi connectivity index (χ2v) is 6.76. The van der Waals surface area contributed by atoms with Crippen molar-refractivity contribution in [3.8, 4) is 0 Å². The molecule has 6 nitrogen and oxygen atoms in total. The number of aromatic nitrogens is 1. The van der Waals surface area contributed by atoms with Gasteiger partial charge < -0.3 is 15.3 Å². The minimum absolute atomic E-state index is 0.187. The maximum absolute atomic E-state index is 11.5. The number of rotatable bonds is 5. The summed E-state index contributed by atoms with van der Waals surface area (Å²) in [5.74, 6) is -0.187. The molecule has 0 radical (unpaired) electrons. The Bertz CT molecular complexity index is 695. The molecule has 1 saturated heterocycles. The zero-order valence-electron chi connectivity index (χ0n) is 13.7. The zero-order chi connectivity index (χ0) is 16.9. The predicted molar refractivity (Wildman–Crippen MR) is 95.5 cm³/mol. The summed E-state index contributed by atoms with van der Waals surface area (Å²) in [6, 6.07) is 8.16. The van der Waals surface area contributed by atoms with Crippen molar-refractivity contribution in [2.45, 2.75) is 13.5 Å². The number of amides is 1. The highest BCUT2D eigenvalue weighted by Crippen LogP contribution is 2.24. The molecule has 0 unspecified atom stereocenters. The highest BCUT2D eigenvalue weighted by molar-refractivity contribution is 7.13. The number of piperazine rings is 1. The average Bonchev–Trinajstić information content (AvgIpc) is 3.04. The van der Waals surface area contributed by atoms with Gasteiger partial charge in [-0.25, -0.2) is 4.98 Å². The fourth-order valence-electron chi connectivity index (χ4n) is 2.75. The Morgan fingerprint density at radius 2 is 2.04 bits per heavy atom. The van der Waals surface area contributed by atoms with Crippen LogP contribution in [-0.2, 0) is 11.3 Å². The van der Waals surface area contributed by atoms with Crippen LogP contribution in [0, 0.1) is 6.92 Å². The Morgan fingerprint density at radius 1 is 1.29 bits per heavy atom. The molecule has 0 saturated carbocycles. The summed E-state index contributed by atoms with van der Waals surface area (Å²) in [4.78, 5) is 20.1. The predicted octanol–water partition coefficient (Wildman–Crippen LogP) is 1.83. The van der Waals surface area contributed by atoms with E-state index in [4.69, 9.17) is 5.11 Å². The average molecular weight is 346 g/mol. The lowest BCUT2D eigenvalue weighted by Gasteiger charge is -2.34. The molecular formula is C17H22N4O2S. The maximum atomic E-state index is 11.5. The van der Waals surface area contributed by atoms with Crippen LogP contribution in [0.25, 0.3) is 0 Å². The molecule has 0 aliphatic carbocycles. The molecule has 1 aliphatic heterocycles. The van der Waals surface area contributed by atoms with Crippen LogP contribution in [0.15, 0.2) is 29.6 Å². The quantitative estimate of drug-likeness (QED) is 0.864. The summed E-state index contributed by atoms with van der Waals surface area (Å²) < 4.78 is 0. The van der Waals surface area contributed by atoms with E-state index in [9.17, 15) is 4.79 Å². The zero-order valence-corrected chi connectivity index (χ0v) is 14.6. The third kappa shape index (κ3) is 4.11. The van der Waals surface area contributed by atoms with Crippen LogP contribution in [-0.4, -0.2) is 58.6 Å². The summed E-state index contributed by atoms with van der Waals surface area (Å²) in [7, 11) is 0. The third-order valence-electron chi connectivity index (χ3n) is 4.18. The van der Waals surface area contributed by atoms with Crippen molar-refractivity contribution in [1.82, 2.24) is 14.8 Å². The molecule has 2 N–H and O–H groups in total. The number of aliphatic hydroxyl groups excluding tert-OH is 1. The van der Waals surface area contributed by atoms with E-state index in [2.05, 4.69) is 33.6 Å². The standard InChI is InChI=1S/C17H22N4O2S/c1-13-4-2-3-5-15(13)19-17-18-14(12-24-17)10-20-6-8-21(9-7-20)16(23)11-22/h2-5,12,22H,6-11H2,1H3,(H,18,19). The number of hydrogen-bond donors (Lipinski definition) is 2. The molecule has 128 valence electrons. The Morgan fingerprint density at radius 3 is 2.75 bits per heavy atom. The van der Waals surface area contributed by atoms with Gasteiger partial charge in [0.2, 0.25) is 5.91 Å². The van der Waals surface area contributed by atoms with E-state index in [1.807, 2.05) is 18.2 Å². The monoisotopic (exact) mass is 346 g/mol. The number of hydrogen-bond acceptors (Lipinski definition) is 6. The number of anilines is 2. The Labute approximate surface area is 145 Å². The molecule has 0 spiro atoms. The van der Waals surface area contributed by atoms with Crippen molar-refractivity contribution in [2.75, 3.05) is 38.1 Å². The van der Waals surface area contributed by atoms with Crippen molar-refractivity contribution in [3.63, 3.8) is 0 Å². The molecular weight excluding hydrogens is 324 g/mol. The number of carbonyl (C=O) groups excluding carboxylic acids is 1. The molecule has 1 fully saturated rings. The van der Waals surface area contributed by atoms with E-state index in [1.165, 1.54) is 5.56 Å². The molecule has 2 aromatic rings. The Balaban J connectivity index is 1.54. The molecule has 7 heteroatoms. The van der Waals surface area contributed by atoms with Crippen LogP contribution in [0.4, 0.5) is 10.8 Å². The van der Waals surface area contributed by atoms with E-state index in [0.717, 1.165) is 36.1 Å². The Kier molecular flexibility index (Phi) is 5.44. The van der Waals surface area contributed by atoms with Crippen LogP contribution in [0.2, 0.25) is 0 Å². The second kappa shape index (κ2) is 7.74. The first-order valence-corrected chi connectivity index (χ1v) is 8.91. The van der Waals surface area contributed by atoms with Crippen molar-refractivity contribution >= 4 is 28.1 Å². The molecule has 24 heavy (non-hydrogen) atoms. The SMILES string of the molecule is Cc1ccccc1Nc1nc(CN2CCN(C(=O)CO)CC2)cs1. The number of carbonyl (C=O) groups is 1. The van der Waals surface area contributed by atoms with E-state index in [-0.39, 0.29) is 5.91 Å². The van der Waals surface area contributed by atoms with E-state index in [0.29, 0.717) is 13.1 Å². The van der Waals surface area contributed by atoms with E-state index in [1.54, 1.807) is 16.2 Å². The molecule has 1 aromatic heterocycles. The van der Waals surface area contributed by atoms with Gasteiger partial charge in [-0.3, -0.25) is 9.69 Å². The van der Waals surface area contributed by atoms with E-state index >= 15 is 0 Å². The van der Waals surface area contributed by atoms with Gasteiger partial charge in [0.1, 0.15) is 6.61 Å². The first-order valence-electron chi connectivity index (χ1n) is 8.04. The van der Waals surface area contributed by atoms with Crippen LogP contribution in [0.1, 0.15) is 11.3 Å². The van der Waals surface area contributed by atoms with Crippen molar-refractivity contribution in [1.29, 1.82) is 0 Å². The van der Waals surface area contributed by atoms with Gasteiger partial charge in [0.25, 0.3) is 0 Å². The number of benzene rings is 1. The summed E-state index contributed by atoms with van der Waals surface area (Å²) in [6.45, 7) is 5.40. The summed E-state index contributed by atoms with van der Waals surface area (Å²) in [5, 5.41) is 15.3. The lowest BCUT2D eigenvalue weighted by molar-refractivity contribution is -0.136. The van der Waals surface area contributed by atoms with Gasteiger partial charge in [-0.15, -0.1) is 11.3 Å². The van der Waals surface area contributed by atoms with Crippen molar-refractivity contribution < 1.29 is 9.90 Å². The number of para-hydroxylation sites is 1. The minimum Gasteiger partial charge on any atom is -0.387 e. The number of aliphatic hydroxyl groups is 1. The lowest BCUT2D eigenvalue weighted by Crippen LogP contribution is -2.49. The smallest absolute Gasteiger partial charge is 0.248 e. The normalized spacial score (nSPS) is 15.5. The highest BCUT2D eigenvalue weighted by Gasteiger charge is 2.21. The van der Waals surface area contributed by atoms with Gasteiger partial charge >= 0.3 is 0 Å². The number of thiazole rings is 1. The lowest BCUT2D eigenvalue weighted by atomic mass is 10.2. The first kappa shape index (κ1) is 16.9.